The third kappa shape index (κ3) is 2.91. The summed E-state index contributed by atoms with van der Waals surface area (Å²) in [6.07, 6.45) is 3.43. The van der Waals surface area contributed by atoms with Crippen LogP contribution in [0.3, 0.4) is 0 Å². The molecule has 0 radical (unpaired) electrons. The van der Waals surface area contributed by atoms with Crippen molar-refractivity contribution in [2.24, 2.45) is 5.92 Å². The van der Waals surface area contributed by atoms with E-state index in [0.717, 1.165) is 12.8 Å². The van der Waals surface area contributed by atoms with Crippen LogP contribution in [0.1, 0.15) is 44.3 Å². The molecule has 2 N–H and O–H groups in total. The van der Waals surface area contributed by atoms with Crippen LogP contribution in [0.5, 0.6) is 0 Å². The predicted molar refractivity (Wildman–Crippen MR) is 71.0 cm³/mol. The molecule has 1 amide bonds. The number of rotatable bonds is 4. The molecule has 1 aromatic carbocycles. The van der Waals surface area contributed by atoms with Crippen molar-refractivity contribution in [3.8, 4) is 0 Å². The van der Waals surface area contributed by atoms with Crippen molar-refractivity contribution in [3.05, 3.63) is 35.9 Å². The predicted octanol–water partition coefficient (Wildman–Crippen LogP) is 2.41. The smallest absolute Gasteiger partial charge is 0.253 e. The lowest BCUT2D eigenvalue weighted by Gasteiger charge is -2.21. The van der Waals surface area contributed by atoms with Gasteiger partial charge in [0.2, 0.25) is 0 Å². The van der Waals surface area contributed by atoms with E-state index in [1.165, 1.54) is 12.8 Å². The van der Waals surface area contributed by atoms with Gasteiger partial charge in [0.1, 0.15) is 0 Å². The summed E-state index contributed by atoms with van der Waals surface area (Å²) >= 11 is 0. The van der Waals surface area contributed by atoms with Crippen molar-refractivity contribution in [3.63, 3.8) is 0 Å². The summed E-state index contributed by atoms with van der Waals surface area (Å²) in [5.41, 5.74) is 0.654. The SMILES string of the molecule is CC[C@H]1CCC[C@@H]1NC(=O)[C@H](O)c1ccccc1. The Labute approximate surface area is 108 Å². The van der Waals surface area contributed by atoms with Crippen molar-refractivity contribution in [1.29, 1.82) is 0 Å². The van der Waals surface area contributed by atoms with E-state index in [-0.39, 0.29) is 11.9 Å². The summed E-state index contributed by atoms with van der Waals surface area (Å²) in [7, 11) is 0. The molecule has 0 aliphatic heterocycles. The fourth-order valence-corrected chi connectivity index (χ4v) is 2.76. The molecule has 2 rings (SSSR count). The van der Waals surface area contributed by atoms with Crippen LogP contribution in [-0.4, -0.2) is 17.1 Å². The standard InChI is InChI=1S/C15H21NO2/c1-2-11-9-6-10-13(11)16-15(18)14(17)12-7-4-3-5-8-12/h3-5,7-8,11,13-14,17H,2,6,9-10H2,1H3,(H,16,18)/t11-,13-,14+/m0/s1. The highest BCUT2D eigenvalue weighted by Gasteiger charge is 2.29. The maximum Gasteiger partial charge on any atom is 0.253 e. The largest absolute Gasteiger partial charge is 0.378 e. The summed E-state index contributed by atoms with van der Waals surface area (Å²) in [5.74, 6) is 0.295. The van der Waals surface area contributed by atoms with Gasteiger partial charge in [-0.2, -0.15) is 0 Å². The molecule has 3 atom stereocenters. The Bertz CT molecular complexity index is 391. The third-order valence-electron chi connectivity index (χ3n) is 3.87. The summed E-state index contributed by atoms with van der Waals surface area (Å²) < 4.78 is 0. The average Bonchev–Trinajstić information content (AvgIpc) is 2.86. The van der Waals surface area contributed by atoms with Gasteiger partial charge in [-0.15, -0.1) is 0 Å². The number of aliphatic hydroxyl groups excluding tert-OH is 1. The molecule has 0 saturated heterocycles. The number of hydrogen-bond donors (Lipinski definition) is 2. The first-order chi connectivity index (χ1) is 8.72. The van der Waals surface area contributed by atoms with E-state index in [1.54, 1.807) is 12.1 Å². The first-order valence-corrected chi connectivity index (χ1v) is 6.75. The lowest BCUT2D eigenvalue weighted by molar-refractivity contribution is -0.130. The number of aliphatic hydroxyl groups is 1. The molecule has 1 fully saturated rings. The molecular formula is C15H21NO2. The Morgan fingerprint density at radius 2 is 2.11 bits per heavy atom. The van der Waals surface area contributed by atoms with E-state index in [1.807, 2.05) is 18.2 Å². The number of benzene rings is 1. The van der Waals surface area contributed by atoms with Crippen LogP contribution in [0.4, 0.5) is 0 Å². The van der Waals surface area contributed by atoms with Crippen LogP contribution in [0.15, 0.2) is 30.3 Å². The molecule has 0 bridgehead atoms. The molecule has 3 heteroatoms. The van der Waals surface area contributed by atoms with E-state index in [2.05, 4.69) is 12.2 Å². The van der Waals surface area contributed by atoms with E-state index < -0.39 is 6.10 Å². The molecule has 1 aliphatic rings. The molecule has 0 aromatic heterocycles. The Balaban J connectivity index is 1.95. The van der Waals surface area contributed by atoms with Gasteiger partial charge in [-0.3, -0.25) is 4.79 Å². The van der Waals surface area contributed by atoms with E-state index in [4.69, 9.17) is 0 Å². The first-order valence-electron chi connectivity index (χ1n) is 6.75. The number of hydrogen-bond acceptors (Lipinski definition) is 2. The van der Waals surface area contributed by atoms with Crippen LogP contribution in [0.25, 0.3) is 0 Å². The van der Waals surface area contributed by atoms with E-state index >= 15 is 0 Å². The summed E-state index contributed by atoms with van der Waals surface area (Å²) in [6.45, 7) is 2.16. The van der Waals surface area contributed by atoms with Gasteiger partial charge in [0, 0.05) is 6.04 Å². The number of carbonyl (C=O) groups excluding carboxylic acids is 1. The van der Waals surface area contributed by atoms with Crippen molar-refractivity contribution < 1.29 is 9.90 Å². The normalized spacial score (nSPS) is 24.8. The maximum absolute atomic E-state index is 12.0. The van der Waals surface area contributed by atoms with Gasteiger partial charge in [0.15, 0.2) is 6.10 Å². The van der Waals surface area contributed by atoms with E-state index in [0.29, 0.717) is 11.5 Å². The molecular weight excluding hydrogens is 226 g/mol. The van der Waals surface area contributed by atoms with Crippen LogP contribution in [0.2, 0.25) is 0 Å². The Morgan fingerprint density at radius 1 is 1.39 bits per heavy atom. The Morgan fingerprint density at radius 3 is 2.78 bits per heavy atom. The summed E-state index contributed by atoms with van der Waals surface area (Å²) in [4.78, 5) is 12.0. The third-order valence-corrected chi connectivity index (χ3v) is 3.87. The highest BCUT2D eigenvalue weighted by atomic mass is 16.3. The van der Waals surface area contributed by atoms with Gasteiger partial charge in [0.05, 0.1) is 0 Å². The maximum atomic E-state index is 12.0. The highest BCUT2D eigenvalue weighted by molar-refractivity contribution is 5.82. The summed E-state index contributed by atoms with van der Waals surface area (Å²) in [6, 6.07) is 9.32. The Hall–Kier alpha value is -1.35. The monoisotopic (exact) mass is 247 g/mol. The molecule has 1 aromatic rings. The number of nitrogens with one attached hydrogen (secondary N) is 1. The fourth-order valence-electron chi connectivity index (χ4n) is 2.76. The van der Waals surface area contributed by atoms with Crippen LogP contribution >= 0.6 is 0 Å². The fraction of sp³-hybridized carbons (Fsp3) is 0.533. The van der Waals surface area contributed by atoms with Crippen LogP contribution in [-0.2, 0) is 4.79 Å². The molecule has 0 heterocycles. The minimum atomic E-state index is -1.05. The van der Waals surface area contributed by atoms with Crippen molar-refractivity contribution in [2.75, 3.05) is 0 Å². The topological polar surface area (TPSA) is 49.3 Å². The zero-order valence-corrected chi connectivity index (χ0v) is 10.8. The van der Waals surface area contributed by atoms with Gasteiger partial charge in [-0.25, -0.2) is 0 Å². The first kappa shape index (κ1) is 13.1. The van der Waals surface area contributed by atoms with Gasteiger partial charge in [-0.05, 0) is 24.3 Å². The molecule has 0 unspecified atom stereocenters. The second-order valence-electron chi connectivity index (χ2n) is 5.03. The number of carbonyl (C=O) groups is 1. The van der Waals surface area contributed by atoms with Crippen molar-refractivity contribution in [1.82, 2.24) is 5.32 Å². The molecule has 98 valence electrons. The molecule has 1 aliphatic carbocycles. The lowest BCUT2D eigenvalue weighted by Crippen LogP contribution is -2.40. The quantitative estimate of drug-likeness (QED) is 0.858. The lowest BCUT2D eigenvalue weighted by atomic mass is 10.00. The van der Waals surface area contributed by atoms with Crippen molar-refractivity contribution >= 4 is 5.91 Å². The van der Waals surface area contributed by atoms with E-state index in [9.17, 15) is 9.90 Å². The van der Waals surface area contributed by atoms with Crippen LogP contribution < -0.4 is 5.32 Å². The molecule has 1 saturated carbocycles. The minimum absolute atomic E-state index is 0.237. The Kier molecular flexibility index (Phi) is 4.37. The van der Waals surface area contributed by atoms with Gasteiger partial charge in [0.25, 0.3) is 5.91 Å². The van der Waals surface area contributed by atoms with Gasteiger partial charge in [-0.1, -0.05) is 50.1 Å². The average molecular weight is 247 g/mol. The molecule has 3 nitrogen and oxygen atoms in total. The zero-order valence-electron chi connectivity index (χ0n) is 10.8. The minimum Gasteiger partial charge on any atom is -0.378 e. The molecule has 0 spiro atoms. The second-order valence-corrected chi connectivity index (χ2v) is 5.03. The van der Waals surface area contributed by atoms with Crippen molar-refractivity contribution in [2.45, 2.75) is 44.8 Å². The van der Waals surface area contributed by atoms with Crippen LogP contribution in [0, 0.1) is 5.92 Å². The summed E-state index contributed by atoms with van der Waals surface area (Å²) in [5, 5.41) is 13.0. The zero-order chi connectivity index (χ0) is 13.0. The molecule has 18 heavy (non-hydrogen) atoms. The number of amides is 1. The van der Waals surface area contributed by atoms with Gasteiger partial charge >= 0.3 is 0 Å². The highest BCUT2D eigenvalue weighted by Crippen LogP contribution is 2.28. The second kappa shape index (κ2) is 6.01. The van der Waals surface area contributed by atoms with Gasteiger partial charge < -0.3 is 10.4 Å².